The Labute approximate surface area is 281 Å². The number of hydrogen-bond donors (Lipinski definition) is 4. The number of hydrogen-bond acceptors (Lipinski definition) is 10. The maximum atomic E-state index is 14.1. The second kappa shape index (κ2) is 15.0. The van der Waals surface area contributed by atoms with E-state index in [-0.39, 0.29) is 55.2 Å². The number of carbonyl (C=O) groups excluding carboxylic acids is 2. The summed E-state index contributed by atoms with van der Waals surface area (Å²) in [7, 11) is -3.59. The number of carbonyl (C=O) groups is 2. The first-order valence-electron chi connectivity index (χ1n) is 15.8. The van der Waals surface area contributed by atoms with Gasteiger partial charge in [0.25, 0.3) is 0 Å². The van der Waals surface area contributed by atoms with E-state index in [0.717, 1.165) is 24.1 Å². The van der Waals surface area contributed by atoms with Crippen LogP contribution in [0.15, 0.2) is 23.1 Å². The van der Waals surface area contributed by atoms with Crippen molar-refractivity contribution in [2.24, 2.45) is 0 Å². The maximum Gasteiger partial charge on any atom is 0.417 e. The third-order valence-corrected chi connectivity index (χ3v) is 11.2. The van der Waals surface area contributed by atoms with Gasteiger partial charge >= 0.3 is 6.18 Å². The topological polar surface area (TPSA) is 169 Å². The molecule has 0 bridgehead atoms. The fraction of sp³-hybridized carbons (Fsp3) is 0.633. The van der Waals surface area contributed by atoms with Crippen LogP contribution in [0.1, 0.15) is 36.1 Å². The Morgan fingerprint density at radius 3 is 2.48 bits per heavy atom. The lowest BCUT2D eigenvalue weighted by molar-refractivity contribution is -0.139. The molecule has 48 heavy (non-hydrogen) atoms. The van der Waals surface area contributed by atoms with Crippen molar-refractivity contribution in [2.75, 3.05) is 57.9 Å². The van der Waals surface area contributed by atoms with E-state index < -0.39 is 46.5 Å². The Morgan fingerprint density at radius 2 is 1.85 bits per heavy atom. The number of amides is 2. The molecule has 4 N–H and O–H groups in total. The van der Waals surface area contributed by atoms with Crippen LogP contribution in [0.4, 0.5) is 13.2 Å². The van der Waals surface area contributed by atoms with Gasteiger partial charge in [-0.25, -0.2) is 8.42 Å². The average Bonchev–Trinajstić information content (AvgIpc) is 3.63. The zero-order chi connectivity index (χ0) is 34.8. The fourth-order valence-electron chi connectivity index (χ4n) is 6.44. The number of fused-ring (bicyclic) bond motifs is 1. The summed E-state index contributed by atoms with van der Waals surface area (Å²) in [5, 5.41) is 37.3. The second-order valence-electron chi connectivity index (χ2n) is 12.5. The van der Waals surface area contributed by atoms with Gasteiger partial charge in [-0.1, -0.05) is 6.07 Å². The molecule has 2 saturated heterocycles. The molecule has 266 valence electrons. The lowest BCUT2D eigenvalue weighted by Gasteiger charge is -2.33. The van der Waals surface area contributed by atoms with Gasteiger partial charge in [0.2, 0.25) is 21.8 Å². The highest BCUT2D eigenvalue weighted by atomic mass is 32.2. The van der Waals surface area contributed by atoms with Crippen LogP contribution in [-0.2, 0) is 45.3 Å². The molecule has 1 aromatic heterocycles. The van der Waals surface area contributed by atoms with Gasteiger partial charge in [-0.15, -0.1) is 11.8 Å². The van der Waals surface area contributed by atoms with E-state index in [1.165, 1.54) is 21.3 Å². The number of halogens is 3. The largest absolute Gasteiger partial charge is 0.417 e. The van der Waals surface area contributed by atoms with E-state index in [0.29, 0.717) is 68.0 Å². The highest BCUT2D eigenvalue weighted by Crippen LogP contribution is 2.40. The number of alkyl halides is 3. The van der Waals surface area contributed by atoms with Crippen molar-refractivity contribution >= 4 is 33.6 Å². The van der Waals surface area contributed by atoms with Crippen molar-refractivity contribution in [1.82, 2.24) is 29.2 Å². The molecule has 2 fully saturated rings. The van der Waals surface area contributed by atoms with Crippen molar-refractivity contribution in [3.8, 4) is 11.3 Å². The highest BCUT2D eigenvalue weighted by molar-refractivity contribution is 8.00. The number of likely N-dealkylation sites (tertiary alicyclic amines) is 2. The van der Waals surface area contributed by atoms with E-state index in [1.807, 2.05) is 0 Å². The summed E-state index contributed by atoms with van der Waals surface area (Å²) in [6.45, 7) is 1.66. The summed E-state index contributed by atoms with van der Waals surface area (Å²) in [5.41, 5.74) is 0.937. The first-order valence-corrected chi connectivity index (χ1v) is 18.6. The van der Waals surface area contributed by atoms with Gasteiger partial charge in [0.05, 0.1) is 42.0 Å². The minimum absolute atomic E-state index is 0.0358. The molecule has 18 heteroatoms. The zero-order valence-electron chi connectivity index (χ0n) is 26.5. The van der Waals surface area contributed by atoms with Crippen LogP contribution in [-0.4, -0.2) is 136 Å². The molecule has 0 aliphatic carbocycles. The summed E-state index contributed by atoms with van der Waals surface area (Å²) >= 11 is 0.748. The number of rotatable bonds is 11. The SMILES string of the molecule is CS(=O)(=O)N1CCc2c(c(-c3ccc(C(F)(F)F)c(SCC(=O)N4CCC(O)C4)c3)nn2CC(O)CN2CCC(NC(=O)CO)CC2)C1. The van der Waals surface area contributed by atoms with Crippen LogP contribution in [0.3, 0.4) is 0 Å². The van der Waals surface area contributed by atoms with E-state index in [2.05, 4.69) is 10.2 Å². The summed E-state index contributed by atoms with van der Waals surface area (Å²) in [4.78, 5) is 27.5. The van der Waals surface area contributed by atoms with Crippen molar-refractivity contribution in [3.63, 3.8) is 0 Å². The Bertz CT molecular complexity index is 1600. The number of sulfonamides is 1. The molecule has 0 radical (unpaired) electrons. The number of aliphatic hydroxyl groups excluding tert-OH is 3. The second-order valence-corrected chi connectivity index (χ2v) is 15.5. The molecular formula is C30H41F3N6O7S2. The highest BCUT2D eigenvalue weighted by Gasteiger charge is 2.36. The summed E-state index contributed by atoms with van der Waals surface area (Å²) in [6.07, 6.45) is -3.12. The number of aromatic nitrogens is 2. The Balaban J connectivity index is 1.38. The van der Waals surface area contributed by atoms with E-state index in [1.54, 1.807) is 4.68 Å². The number of benzene rings is 1. The van der Waals surface area contributed by atoms with Crippen molar-refractivity contribution < 1.29 is 46.5 Å². The first kappa shape index (κ1) is 36.5. The van der Waals surface area contributed by atoms with E-state index >= 15 is 0 Å². The quantitative estimate of drug-likeness (QED) is 0.240. The first-order chi connectivity index (χ1) is 22.6. The molecule has 2 unspecified atom stereocenters. The minimum Gasteiger partial charge on any atom is -0.391 e. The molecular weight excluding hydrogens is 677 g/mol. The number of nitrogens with zero attached hydrogens (tertiary/aromatic N) is 5. The minimum atomic E-state index is -4.69. The van der Waals surface area contributed by atoms with Gasteiger partial charge in [0.15, 0.2) is 0 Å². The molecule has 1 aromatic carbocycles. The van der Waals surface area contributed by atoms with Gasteiger partial charge in [0, 0.05) is 80.0 Å². The van der Waals surface area contributed by atoms with Crippen LogP contribution in [0.2, 0.25) is 0 Å². The molecule has 4 heterocycles. The summed E-state index contributed by atoms with van der Waals surface area (Å²) < 4.78 is 70.0. The Morgan fingerprint density at radius 1 is 1.12 bits per heavy atom. The van der Waals surface area contributed by atoms with Gasteiger partial charge in [0.1, 0.15) is 6.61 Å². The van der Waals surface area contributed by atoms with Crippen molar-refractivity contribution in [2.45, 2.75) is 68.1 Å². The summed E-state index contributed by atoms with van der Waals surface area (Å²) in [6, 6.07) is 3.48. The average molecular weight is 719 g/mol. The smallest absolute Gasteiger partial charge is 0.391 e. The van der Waals surface area contributed by atoms with Crippen LogP contribution < -0.4 is 5.32 Å². The number of β-amino-alcohol motifs (C(OH)–C–C–N with tert-alkyl or cyclic N) is 2. The van der Waals surface area contributed by atoms with Crippen molar-refractivity contribution in [3.05, 3.63) is 35.0 Å². The van der Waals surface area contributed by atoms with Gasteiger partial charge in [-0.05, 0) is 31.4 Å². The molecule has 2 atom stereocenters. The summed E-state index contributed by atoms with van der Waals surface area (Å²) in [5.74, 6) is -1.07. The van der Waals surface area contributed by atoms with Crippen molar-refractivity contribution in [1.29, 1.82) is 0 Å². The number of piperidine rings is 1. The maximum absolute atomic E-state index is 14.1. The number of thioether (sulfide) groups is 1. The molecule has 3 aliphatic heterocycles. The monoisotopic (exact) mass is 718 g/mol. The van der Waals surface area contributed by atoms with E-state index in [9.17, 15) is 41.4 Å². The van der Waals surface area contributed by atoms with Crippen LogP contribution >= 0.6 is 11.8 Å². The van der Waals surface area contributed by atoms with E-state index in [4.69, 9.17) is 10.2 Å². The van der Waals surface area contributed by atoms with Crippen LogP contribution in [0.25, 0.3) is 11.3 Å². The number of aliphatic hydroxyl groups is 3. The fourth-order valence-corrected chi connectivity index (χ4v) is 8.24. The Hall–Kier alpha value is -2.74. The molecule has 0 spiro atoms. The predicted molar refractivity (Wildman–Crippen MR) is 170 cm³/mol. The van der Waals surface area contributed by atoms with Gasteiger partial charge < -0.3 is 30.4 Å². The lowest BCUT2D eigenvalue weighted by atomic mass is 10.0. The Kier molecular flexibility index (Phi) is 11.4. The molecule has 5 rings (SSSR count). The standard InChI is InChI=1S/C30H41F3N6O7S2/c1-48(45,46)38-11-7-25-23(16-38)29(35-39(25)15-22(42)13-36-8-4-20(5-9-36)34-27(43)17-40)19-2-3-24(30(31,32)33)26(12-19)47-18-28(44)37-10-6-21(41)14-37/h2-3,12,20-22,40-42H,4-11,13-18H2,1H3,(H,34,43). The lowest BCUT2D eigenvalue weighted by Crippen LogP contribution is -2.47. The molecule has 13 nitrogen and oxygen atoms in total. The third-order valence-electron chi connectivity index (χ3n) is 8.94. The normalized spacial score (nSPS) is 20.6. The van der Waals surface area contributed by atoms with Crippen LogP contribution in [0.5, 0.6) is 0 Å². The molecule has 2 aromatic rings. The van der Waals surface area contributed by atoms with Gasteiger partial charge in [-0.2, -0.15) is 22.6 Å². The predicted octanol–water partition coefficient (Wildman–Crippen LogP) is 0.506. The molecule has 0 saturated carbocycles. The molecule has 3 aliphatic rings. The third kappa shape index (κ3) is 8.88. The van der Waals surface area contributed by atoms with Gasteiger partial charge in [-0.3, -0.25) is 14.3 Å². The zero-order valence-corrected chi connectivity index (χ0v) is 28.2. The molecule has 2 amide bonds. The number of nitrogens with one attached hydrogen (secondary N) is 1. The van der Waals surface area contributed by atoms with Crippen LogP contribution in [0, 0.1) is 0 Å².